The first-order valence-corrected chi connectivity index (χ1v) is 3.61. The van der Waals surface area contributed by atoms with Crippen molar-refractivity contribution < 1.29 is 14.6 Å². The summed E-state index contributed by atoms with van der Waals surface area (Å²) in [6, 6.07) is 0. The molecule has 1 aliphatic rings. The van der Waals surface area contributed by atoms with Gasteiger partial charge in [0.15, 0.2) is 0 Å². The maximum absolute atomic E-state index is 9.19. The van der Waals surface area contributed by atoms with E-state index in [4.69, 9.17) is 9.47 Å². The van der Waals surface area contributed by atoms with Crippen LogP contribution < -0.4 is 0 Å². The Bertz CT molecular complexity index is 103. The number of ether oxygens (including phenoxy) is 2. The van der Waals surface area contributed by atoms with Crippen LogP contribution in [0, 0.1) is 0 Å². The molecule has 0 saturated carbocycles. The van der Waals surface area contributed by atoms with Crippen LogP contribution in [-0.4, -0.2) is 36.6 Å². The minimum Gasteiger partial charge on any atom is -0.388 e. The third-order valence-corrected chi connectivity index (χ3v) is 1.45. The Morgan fingerprint density at radius 1 is 1.50 bits per heavy atom. The molecule has 3 nitrogen and oxygen atoms in total. The van der Waals surface area contributed by atoms with E-state index in [-0.39, 0.29) is 12.2 Å². The first-order chi connectivity index (χ1) is 4.70. The largest absolute Gasteiger partial charge is 0.388 e. The molecule has 10 heavy (non-hydrogen) atoms. The zero-order valence-electron chi connectivity index (χ0n) is 6.41. The molecule has 1 heterocycles. The molecular formula is C7H14O3. The summed E-state index contributed by atoms with van der Waals surface area (Å²) < 4.78 is 10.3. The van der Waals surface area contributed by atoms with Crippen LogP contribution in [0.1, 0.15) is 13.8 Å². The summed E-state index contributed by atoms with van der Waals surface area (Å²) in [4.78, 5) is 0. The Balaban J connectivity index is 2.26. The smallest absolute Gasteiger partial charge is 0.109 e. The van der Waals surface area contributed by atoms with Gasteiger partial charge in [-0.3, -0.25) is 0 Å². The van der Waals surface area contributed by atoms with Crippen molar-refractivity contribution in [1.29, 1.82) is 0 Å². The Labute approximate surface area is 60.9 Å². The van der Waals surface area contributed by atoms with Crippen molar-refractivity contribution in [3.05, 3.63) is 0 Å². The van der Waals surface area contributed by atoms with Gasteiger partial charge in [0.25, 0.3) is 0 Å². The molecule has 0 radical (unpaired) electrons. The van der Waals surface area contributed by atoms with E-state index in [1.54, 1.807) is 0 Å². The van der Waals surface area contributed by atoms with Gasteiger partial charge in [0.2, 0.25) is 0 Å². The number of hydrogen-bond acceptors (Lipinski definition) is 3. The van der Waals surface area contributed by atoms with Crippen LogP contribution in [0.4, 0.5) is 0 Å². The molecule has 1 rings (SSSR count). The molecule has 0 bridgehead atoms. The first kappa shape index (κ1) is 7.98. The molecule has 1 saturated heterocycles. The maximum atomic E-state index is 9.19. The molecule has 3 heteroatoms. The Morgan fingerprint density at radius 3 is 2.60 bits per heavy atom. The van der Waals surface area contributed by atoms with Gasteiger partial charge >= 0.3 is 0 Å². The van der Waals surface area contributed by atoms with E-state index in [0.29, 0.717) is 13.2 Å². The van der Waals surface area contributed by atoms with Gasteiger partial charge in [0.05, 0.1) is 19.3 Å². The third kappa shape index (κ3) is 1.94. The van der Waals surface area contributed by atoms with Crippen molar-refractivity contribution in [3.8, 4) is 0 Å². The van der Waals surface area contributed by atoms with Crippen molar-refractivity contribution in [2.24, 2.45) is 0 Å². The zero-order valence-corrected chi connectivity index (χ0v) is 6.41. The predicted octanol–water partition coefficient (Wildman–Crippen LogP) is 0.171. The van der Waals surface area contributed by atoms with E-state index in [1.165, 1.54) is 0 Å². The van der Waals surface area contributed by atoms with Crippen LogP contribution >= 0.6 is 0 Å². The lowest BCUT2D eigenvalue weighted by atomic mass is 10.2. The van der Waals surface area contributed by atoms with Gasteiger partial charge in [-0.2, -0.15) is 0 Å². The number of aliphatic hydroxyl groups excluding tert-OH is 1. The second-order valence-corrected chi connectivity index (χ2v) is 2.83. The van der Waals surface area contributed by atoms with Crippen molar-refractivity contribution in [2.75, 3.05) is 13.2 Å². The molecule has 60 valence electrons. The minimum absolute atomic E-state index is 0.111. The lowest BCUT2D eigenvalue weighted by Crippen LogP contribution is -2.29. The summed E-state index contributed by atoms with van der Waals surface area (Å²) >= 11 is 0. The monoisotopic (exact) mass is 146 g/mol. The Kier molecular flexibility index (Phi) is 2.65. The van der Waals surface area contributed by atoms with Crippen LogP contribution in [0.15, 0.2) is 0 Å². The SMILES string of the molecule is CC(C)O[C@H]1COC[C@@H]1O. The van der Waals surface area contributed by atoms with E-state index in [2.05, 4.69) is 0 Å². The highest BCUT2D eigenvalue weighted by Gasteiger charge is 2.27. The van der Waals surface area contributed by atoms with E-state index < -0.39 is 6.10 Å². The van der Waals surface area contributed by atoms with Crippen LogP contribution in [0.25, 0.3) is 0 Å². The summed E-state index contributed by atoms with van der Waals surface area (Å²) in [5.74, 6) is 0. The molecule has 0 aromatic heterocycles. The van der Waals surface area contributed by atoms with E-state index in [0.717, 1.165) is 0 Å². The zero-order chi connectivity index (χ0) is 7.56. The molecule has 1 fully saturated rings. The standard InChI is InChI=1S/C7H14O3/c1-5(2)10-7-4-9-3-6(7)8/h5-8H,3-4H2,1-2H3/t6-,7-/m0/s1. The minimum atomic E-state index is -0.428. The average molecular weight is 146 g/mol. The fourth-order valence-electron chi connectivity index (χ4n) is 1.00. The van der Waals surface area contributed by atoms with Crippen molar-refractivity contribution in [1.82, 2.24) is 0 Å². The fraction of sp³-hybridized carbons (Fsp3) is 1.00. The molecule has 1 N–H and O–H groups in total. The van der Waals surface area contributed by atoms with Gasteiger partial charge in [-0.1, -0.05) is 0 Å². The summed E-state index contributed by atoms with van der Waals surface area (Å²) in [7, 11) is 0. The quantitative estimate of drug-likeness (QED) is 0.603. The molecular weight excluding hydrogens is 132 g/mol. The number of aliphatic hydroxyl groups is 1. The highest BCUT2D eigenvalue weighted by molar-refractivity contribution is 4.74. The molecule has 0 aliphatic carbocycles. The molecule has 0 unspecified atom stereocenters. The lowest BCUT2D eigenvalue weighted by molar-refractivity contribution is -0.0410. The fourth-order valence-corrected chi connectivity index (χ4v) is 1.00. The summed E-state index contributed by atoms with van der Waals surface area (Å²) in [5, 5.41) is 9.19. The van der Waals surface area contributed by atoms with Gasteiger partial charge in [0.1, 0.15) is 12.2 Å². The number of hydrogen-bond donors (Lipinski definition) is 1. The van der Waals surface area contributed by atoms with E-state index >= 15 is 0 Å². The van der Waals surface area contributed by atoms with E-state index in [1.807, 2.05) is 13.8 Å². The molecule has 1 aliphatic heterocycles. The van der Waals surface area contributed by atoms with Crippen molar-refractivity contribution in [3.63, 3.8) is 0 Å². The Morgan fingerprint density at radius 2 is 2.20 bits per heavy atom. The molecule has 0 aromatic rings. The second kappa shape index (κ2) is 3.32. The normalized spacial score (nSPS) is 33.6. The summed E-state index contributed by atoms with van der Waals surface area (Å²) in [6.45, 7) is 4.84. The topological polar surface area (TPSA) is 38.7 Å². The second-order valence-electron chi connectivity index (χ2n) is 2.83. The van der Waals surface area contributed by atoms with Gasteiger partial charge in [0, 0.05) is 0 Å². The number of rotatable bonds is 2. The summed E-state index contributed by atoms with van der Waals surface area (Å²) in [5.41, 5.74) is 0. The molecule has 0 aromatic carbocycles. The van der Waals surface area contributed by atoms with Crippen LogP contribution in [-0.2, 0) is 9.47 Å². The Hall–Kier alpha value is -0.120. The van der Waals surface area contributed by atoms with Gasteiger partial charge in [-0.05, 0) is 13.8 Å². The van der Waals surface area contributed by atoms with Gasteiger partial charge < -0.3 is 14.6 Å². The molecule has 0 spiro atoms. The van der Waals surface area contributed by atoms with Crippen LogP contribution in [0.3, 0.4) is 0 Å². The predicted molar refractivity (Wildman–Crippen MR) is 36.8 cm³/mol. The molecule has 2 atom stereocenters. The third-order valence-electron chi connectivity index (χ3n) is 1.45. The highest BCUT2D eigenvalue weighted by atomic mass is 16.6. The lowest BCUT2D eigenvalue weighted by Gasteiger charge is -2.16. The summed E-state index contributed by atoms with van der Waals surface area (Å²) in [6.07, 6.45) is -0.372. The van der Waals surface area contributed by atoms with Gasteiger partial charge in [-0.15, -0.1) is 0 Å². The van der Waals surface area contributed by atoms with E-state index in [9.17, 15) is 5.11 Å². The van der Waals surface area contributed by atoms with Crippen LogP contribution in [0.2, 0.25) is 0 Å². The van der Waals surface area contributed by atoms with Crippen LogP contribution in [0.5, 0.6) is 0 Å². The first-order valence-electron chi connectivity index (χ1n) is 3.61. The van der Waals surface area contributed by atoms with Crippen molar-refractivity contribution >= 4 is 0 Å². The van der Waals surface area contributed by atoms with Gasteiger partial charge in [-0.25, -0.2) is 0 Å². The van der Waals surface area contributed by atoms with Crippen molar-refractivity contribution in [2.45, 2.75) is 32.2 Å². The molecule has 0 amide bonds. The average Bonchev–Trinajstić information content (AvgIpc) is 2.15. The highest BCUT2D eigenvalue weighted by Crippen LogP contribution is 2.10. The maximum Gasteiger partial charge on any atom is 0.109 e.